The Labute approximate surface area is 97.5 Å². The second-order valence-corrected chi connectivity index (χ2v) is 4.91. The van der Waals surface area contributed by atoms with E-state index in [-0.39, 0.29) is 24.3 Å². The second kappa shape index (κ2) is 5.67. The van der Waals surface area contributed by atoms with E-state index in [2.05, 4.69) is 6.92 Å². The fraction of sp³-hybridized carbons (Fsp3) is 0.923. The highest BCUT2D eigenvalue weighted by molar-refractivity contribution is 5.81. The van der Waals surface area contributed by atoms with Crippen LogP contribution in [0.4, 0.5) is 0 Å². The molecule has 0 amide bonds. The van der Waals surface area contributed by atoms with Crippen LogP contribution in [0.5, 0.6) is 0 Å². The lowest BCUT2D eigenvalue weighted by atomic mass is 10.0. The Morgan fingerprint density at radius 3 is 2.31 bits per heavy atom. The maximum atomic E-state index is 11.1. The monoisotopic (exact) mass is 226 g/mol. The van der Waals surface area contributed by atoms with Gasteiger partial charge in [-0.15, -0.1) is 0 Å². The predicted molar refractivity (Wildman–Crippen MR) is 61.2 cm³/mol. The van der Waals surface area contributed by atoms with Crippen LogP contribution >= 0.6 is 0 Å². The third kappa shape index (κ3) is 2.97. The fourth-order valence-corrected chi connectivity index (χ4v) is 2.41. The zero-order chi connectivity index (χ0) is 11.4. The summed E-state index contributed by atoms with van der Waals surface area (Å²) in [6, 6.07) is 0. The minimum Gasteiger partial charge on any atom is -0.457 e. The molecule has 0 spiro atoms. The number of hydrogen-bond acceptors (Lipinski definition) is 3. The molecular weight excluding hydrogens is 204 g/mol. The van der Waals surface area contributed by atoms with Crippen LogP contribution in [0.3, 0.4) is 0 Å². The molecular formula is C13H22O3. The number of rotatable bonds is 8. The molecule has 16 heavy (non-hydrogen) atoms. The predicted octanol–water partition coefficient (Wildman–Crippen LogP) is 2.82. The Kier molecular flexibility index (Phi) is 4.22. The zero-order valence-corrected chi connectivity index (χ0v) is 10.1. The lowest BCUT2D eigenvalue weighted by Crippen LogP contribution is -2.15. The van der Waals surface area contributed by atoms with Crippen molar-refractivity contribution in [3.63, 3.8) is 0 Å². The molecule has 92 valence electrons. The third-order valence-corrected chi connectivity index (χ3v) is 3.48. The molecule has 3 nitrogen and oxygen atoms in total. The molecule has 0 unspecified atom stereocenters. The van der Waals surface area contributed by atoms with Gasteiger partial charge in [0, 0.05) is 0 Å². The normalized spacial score (nSPS) is 31.3. The number of ether oxygens (including phenoxy) is 2. The van der Waals surface area contributed by atoms with Crippen LogP contribution in [0.1, 0.15) is 58.3 Å². The molecule has 0 saturated carbocycles. The molecule has 2 rings (SSSR count). The number of carbonyl (C=O) groups is 1. The van der Waals surface area contributed by atoms with Crippen LogP contribution in [0.2, 0.25) is 0 Å². The molecule has 0 aromatic rings. The van der Waals surface area contributed by atoms with Crippen molar-refractivity contribution in [1.29, 1.82) is 0 Å². The summed E-state index contributed by atoms with van der Waals surface area (Å²) in [5.41, 5.74) is 0. The van der Waals surface area contributed by atoms with E-state index in [1.807, 2.05) is 0 Å². The minimum absolute atomic E-state index is 0.0631. The number of cyclic esters (lactones) is 1. The van der Waals surface area contributed by atoms with E-state index in [1.165, 1.54) is 38.5 Å². The van der Waals surface area contributed by atoms with Gasteiger partial charge in [-0.05, 0) is 12.8 Å². The summed E-state index contributed by atoms with van der Waals surface area (Å²) < 4.78 is 10.4. The average molecular weight is 226 g/mol. The van der Waals surface area contributed by atoms with Gasteiger partial charge in [-0.1, -0.05) is 45.4 Å². The van der Waals surface area contributed by atoms with E-state index in [9.17, 15) is 4.79 Å². The van der Waals surface area contributed by atoms with Crippen LogP contribution in [-0.2, 0) is 14.3 Å². The number of hydrogen-bond donors (Lipinski definition) is 0. The smallest absolute Gasteiger partial charge is 0.338 e. The van der Waals surface area contributed by atoms with Crippen molar-refractivity contribution in [1.82, 2.24) is 0 Å². The van der Waals surface area contributed by atoms with E-state index in [4.69, 9.17) is 9.47 Å². The van der Waals surface area contributed by atoms with Crippen molar-refractivity contribution < 1.29 is 14.3 Å². The lowest BCUT2D eigenvalue weighted by molar-refractivity contribution is -0.149. The molecule has 0 radical (unpaired) electrons. The molecule has 0 bridgehead atoms. The fourth-order valence-electron chi connectivity index (χ4n) is 2.41. The highest BCUT2D eigenvalue weighted by Gasteiger charge is 2.58. The average Bonchev–Trinajstić information content (AvgIpc) is 3.01. The first-order valence-corrected chi connectivity index (χ1v) is 6.69. The topological polar surface area (TPSA) is 38.8 Å². The van der Waals surface area contributed by atoms with Gasteiger partial charge in [0.15, 0.2) is 6.10 Å². The molecule has 2 saturated heterocycles. The third-order valence-electron chi connectivity index (χ3n) is 3.48. The van der Waals surface area contributed by atoms with Crippen molar-refractivity contribution >= 4 is 5.97 Å². The summed E-state index contributed by atoms with van der Waals surface area (Å²) in [6.07, 6.45) is 10.1. The van der Waals surface area contributed by atoms with E-state index in [1.54, 1.807) is 0 Å². The summed E-state index contributed by atoms with van der Waals surface area (Å²) in [4.78, 5) is 11.1. The van der Waals surface area contributed by atoms with Crippen LogP contribution in [0.15, 0.2) is 0 Å². The van der Waals surface area contributed by atoms with Crippen LogP contribution in [0.25, 0.3) is 0 Å². The van der Waals surface area contributed by atoms with Crippen LogP contribution < -0.4 is 0 Å². The number of fused-ring (bicyclic) bond motifs is 1. The SMILES string of the molecule is CCCCCCCCC[C@@H]1OC(=O)[C@@H]2O[C@H]12. The first-order chi connectivity index (χ1) is 7.83. The van der Waals surface area contributed by atoms with Crippen molar-refractivity contribution in [2.45, 2.75) is 76.6 Å². The first kappa shape index (κ1) is 11.9. The van der Waals surface area contributed by atoms with E-state index < -0.39 is 0 Å². The van der Waals surface area contributed by atoms with Gasteiger partial charge in [0.2, 0.25) is 0 Å². The Bertz CT molecular complexity index is 239. The van der Waals surface area contributed by atoms with E-state index >= 15 is 0 Å². The van der Waals surface area contributed by atoms with Gasteiger partial charge in [0.05, 0.1) is 0 Å². The van der Waals surface area contributed by atoms with Crippen molar-refractivity contribution in [2.24, 2.45) is 0 Å². The maximum absolute atomic E-state index is 11.1. The molecule has 0 aromatic heterocycles. The van der Waals surface area contributed by atoms with E-state index in [0.717, 1.165) is 12.8 Å². The van der Waals surface area contributed by atoms with Crippen molar-refractivity contribution in [3.05, 3.63) is 0 Å². The maximum Gasteiger partial charge on any atom is 0.338 e. The number of esters is 1. The Balaban J connectivity index is 1.45. The summed E-state index contributed by atoms with van der Waals surface area (Å²) in [5.74, 6) is -0.141. The summed E-state index contributed by atoms with van der Waals surface area (Å²) in [7, 11) is 0. The highest BCUT2D eigenvalue weighted by atomic mass is 16.7. The summed E-state index contributed by atoms with van der Waals surface area (Å²) in [5, 5.41) is 0. The van der Waals surface area contributed by atoms with Gasteiger partial charge in [0.1, 0.15) is 12.2 Å². The molecule has 2 aliphatic rings. The molecule has 0 N–H and O–H groups in total. The van der Waals surface area contributed by atoms with Crippen molar-refractivity contribution in [2.75, 3.05) is 0 Å². The summed E-state index contributed by atoms with van der Waals surface area (Å²) >= 11 is 0. The van der Waals surface area contributed by atoms with Gasteiger partial charge in [0.25, 0.3) is 0 Å². The molecule has 3 atom stereocenters. The lowest BCUT2D eigenvalue weighted by Gasteiger charge is -2.10. The van der Waals surface area contributed by atoms with Gasteiger partial charge < -0.3 is 9.47 Å². The standard InChI is InChI=1S/C13H22O3/c1-2-3-4-5-6-7-8-9-10-11-12(16-11)13(14)15-10/h10-12H,2-9H2,1H3/t10-,11+,12+/m0/s1. The van der Waals surface area contributed by atoms with Gasteiger partial charge >= 0.3 is 5.97 Å². The van der Waals surface area contributed by atoms with Gasteiger partial charge in [-0.3, -0.25) is 0 Å². The zero-order valence-electron chi connectivity index (χ0n) is 10.1. The van der Waals surface area contributed by atoms with Crippen molar-refractivity contribution in [3.8, 4) is 0 Å². The number of unbranched alkanes of at least 4 members (excludes halogenated alkanes) is 6. The van der Waals surface area contributed by atoms with E-state index in [0.29, 0.717) is 0 Å². The number of carbonyl (C=O) groups excluding carboxylic acids is 1. The molecule has 0 aliphatic carbocycles. The van der Waals surface area contributed by atoms with Crippen LogP contribution in [-0.4, -0.2) is 24.3 Å². The first-order valence-electron chi connectivity index (χ1n) is 6.69. The molecule has 3 heteroatoms. The molecule has 2 heterocycles. The second-order valence-electron chi connectivity index (χ2n) is 4.91. The Hall–Kier alpha value is -0.570. The Morgan fingerprint density at radius 2 is 1.75 bits per heavy atom. The highest BCUT2D eigenvalue weighted by Crippen LogP contribution is 2.37. The largest absolute Gasteiger partial charge is 0.457 e. The minimum atomic E-state index is -0.199. The number of epoxide rings is 1. The summed E-state index contributed by atoms with van der Waals surface area (Å²) in [6.45, 7) is 2.24. The Morgan fingerprint density at radius 1 is 1.06 bits per heavy atom. The van der Waals surface area contributed by atoms with Gasteiger partial charge in [-0.2, -0.15) is 0 Å². The quantitative estimate of drug-likeness (QED) is 0.363. The van der Waals surface area contributed by atoms with Gasteiger partial charge in [-0.25, -0.2) is 4.79 Å². The molecule has 2 fully saturated rings. The molecule has 0 aromatic carbocycles. The molecule has 2 aliphatic heterocycles. The van der Waals surface area contributed by atoms with Crippen LogP contribution in [0, 0.1) is 0 Å².